The molecule has 118 valence electrons. The quantitative estimate of drug-likeness (QED) is 0.837. The first-order chi connectivity index (χ1) is 10.0. The Kier molecular flexibility index (Phi) is 5.96. The molecule has 4 nitrogen and oxygen atoms in total. The fourth-order valence-electron chi connectivity index (χ4n) is 2.58. The van der Waals surface area contributed by atoms with Crippen LogP contribution in [0.1, 0.15) is 44.8 Å². The molecule has 0 spiro atoms. The van der Waals surface area contributed by atoms with Crippen LogP contribution in [0.3, 0.4) is 0 Å². The van der Waals surface area contributed by atoms with Crippen LogP contribution in [0.25, 0.3) is 0 Å². The standard InChI is InChI=1S/C15H24N2O2S2/c1-4-5-6-13-15(18)17(9-11(2)21(3)19)14(16-13)12-7-8-20-10-12/h7-8,10-11,13-14,16H,4-6,9H2,1-3H3. The van der Waals surface area contributed by atoms with Crippen LogP contribution >= 0.6 is 11.3 Å². The summed E-state index contributed by atoms with van der Waals surface area (Å²) in [6.07, 6.45) is 4.63. The van der Waals surface area contributed by atoms with Crippen LogP contribution in [0.2, 0.25) is 0 Å². The minimum Gasteiger partial charge on any atom is -0.320 e. The number of carbonyl (C=O) groups excluding carboxylic acids is 1. The highest BCUT2D eigenvalue weighted by molar-refractivity contribution is 7.84. The molecule has 1 fully saturated rings. The summed E-state index contributed by atoms with van der Waals surface area (Å²) in [6.45, 7) is 4.61. The molecular formula is C15H24N2O2S2. The van der Waals surface area contributed by atoms with Crippen LogP contribution in [0.15, 0.2) is 16.8 Å². The van der Waals surface area contributed by atoms with Gasteiger partial charge in [-0.25, -0.2) is 0 Å². The van der Waals surface area contributed by atoms with E-state index in [1.54, 1.807) is 17.6 Å². The normalized spacial score (nSPS) is 25.3. The number of thiophene rings is 1. The zero-order chi connectivity index (χ0) is 15.4. The van der Waals surface area contributed by atoms with Crippen molar-refractivity contribution in [1.82, 2.24) is 10.2 Å². The third kappa shape index (κ3) is 3.93. The molecule has 1 N–H and O–H groups in total. The highest BCUT2D eigenvalue weighted by Gasteiger charge is 2.39. The molecule has 0 aliphatic carbocycles. The third-order valence-electron chi connectivity index (χ3n) is 3.98. The fourth-order valence-corrected chi connectivity index (χ4v) is 3.63. The SMILES string of the molecule is CCCCC1NC(c2ccsc2)N(CC(C)S(C)=O)C1=O. The lowest BCUT2D eigenvalue weighted by atomic mass is 10.1. The monoisotopic (exact) mass is 328 g/mol. The van der Waals surface area contributed by atoms with Crippen LogP contribution in [-0.4, -0.2) is 39.1 Å². The molecule has 1 aromatic heterocycles. The van der Waals surface area contributed by atoms with Gasteiger partial charge in [-0.15, -0.1) is 0 Å². The van der Waals surface area contributed by atoms with Crippen LogP contribution in [0.5, 0.6) is 0 Å². The molecule has 2 rings (SSSR count). The maximum Gasteiger partial charge on any atom is 0.241 e. The molecule has 1 saturated heterocycles. The van der Waals surface area contributed by atoms with Crippen molar-refractivity contribution in [2.45, 2.75) is 50.6 Å². The third-order valence-corrected chi connectivity index (χ3v) is 5.96. The average Bonchev–Trinajstić information content (AvgIpc) is 3.07. The molecule has 4 atom stereocenters. The molecular weight excluding hydrogens is 304 g/mol. The second-order valence-corrected chi connectivity index (χ2v) is 8.20. The Morgan fingerprint density at radius 1 is 1.52 bits per heavy atom. The number of unbranched alkanes of at least 4 members (excludes halogenated alkanes) is 1. The molecule has 1 aliphatic rings. The van der Waals surface area contributed by atoms with Gasteiger partial charge in [-0.1, -0.05) is 19.8 Å². The zero-order valence-electron chi connectivity index (χ0n) is 12.9. The van der Waals surface area contributed by atoms with Crippen LogP contribution in [-0.2, 0) is 15.6 Å². The summed E-state index contributed by atoms with van der Waals surface area (Å²) in [5, 5.41) is 7.55. The van der Waals surface area contributed by atoms with Gasteiger partial charge in [0.1, 0.15) is 6.17 Å². The second kappa shape index (κ2) is 7.51. The molecule has 0 radical (unpaired) electrons. The number of hydrogen-bond donors (Lipinski definition) is 1. The van der Waals surface area contributed by atoms with E-state index in [0.717, 1.165) is 24.8 Å². The smallest absolute Gasteiger partial charge is 0.241 e. The summed E-state index contributed by atoms with van der Waals surface area (Å²) in [5.74, 6) is 0.150. The van der Waals surface area contributed by atoms with Crippen LogP contribution < -0.4 is 5.32 Å². The van der Waals surface area contributed by atoms with Gasteiger partial charge >= 0.3 is 0 Å². The van der Waals surface area contributed by atoms with E-state index in [1.807, 2.05) is 17.2 Å². The minimum absolute atomic E-state index is 0.0122. The Labute approximate surface area is 133 Å². The molecule has 1 amide bonds. The van der Waals surface area contributed by atoms with E-state index in [0.29, 0.717) is 6.54 Å². The predicted octanol–water partition coefficient (Wildman–Crippen LogP) is 2.50. The van der Waals surface area contributed by atoms with Crippen molar-refractivity contribution < 1.29 is 9.00 Å². The number of nitrogens with one attached hydrogen (secondary N) is 1. The van der Waals surface area contributed by atoms with Gasteiger partial charge in [0, 0.05) is 28.9 Å². The molecule has 21 heavy (non-hydrogen) atoms. The van der Waals surface area contributed by atoms with Crippen molar-refractivity contribution in [3.8, 4) is 0 Å². The van der Waals surface area contributed by atoms with Crippen molar-refractivity contribution in [2.24, 2.45) is 0 Å². The van der Waals surface area contributed by atoms with Gasteiger partial charge in [-0.05, 0) is 35.7 Å². The highest BCUT2D eigenvalue weighted by Crippen LogP contribution is 2.29. The lowest BCUT2D eigenvalue weighted by Crippen LogP contribution is -2.37. The molecule has 1 aromatic rings. The van der Waals surface area contributed by atoms with Crippen molar-refractivity contribution >= 4 is 28.0 Å². The number of carbonyl (C=O) groups is 1. The van der Waals surface area contributed by atoms with E-state index >= 15 is 0 Å². The number of rotatable bonds is 7. The van der Waals surface area contributed by atoms with Gasteiger partial charge in [-0.3, -0.25) is 14.3 Å². The molecule has 4 unspecified atom stereocenters. The largest absolute Gasteiger partial charge is 0.320 e. The first kappa shape index (κ1) is 16.6. The summed E-state index contributed by atoms with van der Waals surface area (Å²) < 4.78 is 11.6. The number of nitrogens with zero attached hydrogens (tertiary/aromatic N) is 1. The first-order valence-electron chi connectivity index (χ1n) is 7.45. The number of amides is 1. The molecule has 0 aromatic carbocycles. The Morgan fingerprint density at radius 3 is 2.86 bits per heavy atom. The second-order valence-electron chi connectivity index (χ2n) is 5.62. The Balaban J connectivity index is 2.15. The summed E-state index contributed by atoms with van der Waals surface area (Å²) in [5.41, 5.74) is 1.13. The maximum absolute atomic E-state index is 12.6. The van der Waals surface area contributed by atoms with E-state index < -0.39 is 10.8 Å². The molecule has 2 heterocycles. The van der Waals surface area contributed by atoms with E-state index in [-0.39, 0.29) is 23.4 Å². The van der Waals surface area contributed by atoms with Gasteiger partial charge < -0.3 is 4.90 Å². The summed E-state index contributed by atoms with van der Waals surface area (Å²) in [7, 11) is -0.919. The Hall–Kier alpha value is -0.720. The zero-order valence-corrected chi connectivity index (χ0v) is 14.5. The average molecular weight is 329 g/mol. The molecule has 0 bridgehead atoms. The van der Waals surface area contributed by atoms with Gasteiger partial charge in [-0.2, -0.15) is 11.3 Å². The lowest BCUT2D eigenvalue weighted by Gasteiger charge is -2.26. The Morgan fingerprint density at radius 2 is 2.29 bits per heavy atom. The first-order valence-corrected chi connectivity index (χ1v) is 10.0. The van der Waals surface area contributed by atoms with Crippen molar-refractivity contribution in [3.05, 3.63) is 22.4 Å². The van der Waals surface area contributed by atoms with Crippen LogP contribution in [0, 0.1) is 0 Å². The fraction of sp³-hybridized carbons (Fsp3) is 0.667. The summed E-state index contributed by atoms with van der Waals surface area (Å²) >= 11 is 1.64. The van der Waals surface area contributed by atoms with Gasteiger partial charge in [0.25, 0.3) is 0 Å². The molecule has 0 saturated carbocycles. The van der Waals surface area contributed by atoms with Crippen molar-refractivity contribution in [2.75, 3.05) is 12.8 Å². The van der Waals surface area contributed by atoms with E-state index in [1.165, 1.54) is 0 Å². The van der Waals surface area contributed by atoms with Gasteiger partial charge in [0.05, 0.1) is 6.04 Å². The van der Waals surface area contributed by atoms with Crippen molar-refractivity contribution in [3.63, 3.8) is 0 Å². The van der Waals surface area contributed by atoms with Gasteiger partial charge in [0.2, 0.25) is 5.91 Å². The van der Waals surface area contributed by atoms with E-state index in [2.05, 4.69) is 23.7 Å². The minimum atomic E-state index is -0.919. The molecule has 1 aliphatic heterocycles. The highest BCUT2D eigenvalue weighted by atomic mass is 32.2. The van der Waals surface area contributed by atoms with Crippen LogP contribution in [0.4, 0.5) is 0 Å². The predicted molar refractivity (Wildman–Crippen MR) is 88.8 cm³/mol. The summed E-state index contributed by atoms with van der Waals surface area (Å²) in [6, 6.07) is 1.95. The van der Waals surface area contributed by atoms with E-state index in [9.17, 15) is 9.00 Å². The topological polar surface area (TPSA) is 49.4 Å². The number of hydrogen-bond acceptors (Lipinski definition) is 4. The molecule has 6 heteroatoms. The lowest BCUT2D eigenvalue weighted by molar-refractivity contribution is -0.130. The summed E-state index contributed by atoms with van der Waals surface area (Å²) in [4.78, 5) is 14.5. The Bertz CT molecular complexity index is 490. The van der Waals surface area contributed by atoms with Crippen molar-refractivity contribution in [1.29, 1.82) is 0 Å². The van der Waals surface area contributed by atoms with Gasteiger partial charge in [0.15, 0.2) is 0 Å². The maximum atomic E-state index is 12.6. The van der Waals surface area contributed by atoms with E-state index in [4.69, 9.17) is 0 Å².